The predicted octanol–water partition coefficient (Wildman–Crippen LogP) is 7.32. The highest BCUT2D eigenvalue weighted by atomic mass is 35.5. The van der Waals surface area contributed by atoms with Crippen molar-refractivity contribution in [2.45, 2.75) is 44.2 Å². The molecule has 4 aromatic carbocycles. The third-order valence-electron chi connectivity index (χ3n) is 7.13. The van der Waals surface area contributed by atoms with E-state index in [4.69, 9.17) is 34.8 Å². The van der Waals surface area contributed by atoms with Crippen molar-refractivity contribution >= 4 is 62.3 Å². The van der Waals surface area contributed by atoms with Crippen LogP contribution in [0.2, 0.25) is 15.1 Å². The molecular formula is C34H34Cl3N3O4S. The summed E-state index contributed by atoms with van der Waals surface area (Å²) in [4.78, 5) is 29.6. The number of benzene rings is 4. The molecule has 4 aromatic rings. The van der Waals surface area contributed by atoms with E-state index in [-0.39, 0.29) is 23.8 Å². The van der Waals surface area contributed by atoms with Gasteiger partial charge in [-0.3, -0.25) is 13.9 Å². The molecule has 0 bridgehead atoms. The van der Waals surface area contributed by atoms with Crippen LogP contribution in [0.1, 0.15) is 30.0 Å². The highest BCUT2D eigenvalue weighted by Gasteiger charge is 2.34. The number of amides is 2. The Bertz CT molecular complexity index is 1740. The minimum absolute atomic E-state index is 0.0184. The van der Waals surface area contributed by atoms with Gasteiger partial charge in [-0.2, -0.15) is 0 Å². The normalized spacial score (nSPS) is 11.9. The third kappa shape index (κ3) is 9.01. The molecule has 0 fully saturated rings. The molecule has 11 heteroatoms. The number of hydrogen-bond donors (Lipinski definition) is 1. The lowest BCUT2D eigenvalue weighted by Gasteiger charge is -2.34. The van der Waals surface area contributed by atoms with Crippen molar-refractivity contribution in [1.29, 1.82) is 0 Å². The fraction of sp³-hybridized carbons (Fsp3) is 0.235. The van der Waals surface area contributed by atoms with Crippen LogP contribution in [0.25, 0.3) is 0 Å². The maximum Gasteiger partial charge on any atom is 0.264 e. The van der Waals surface area contributed by atoms with Crippen molar-refractivity contribution in [2.75, 3.05) is 17.4 Å². The summed E-state index contributed by atoms with van der Waals surface area (Å²) in [6.45, 7) is 3.60. The van der Waals surface area contributed by atoms with Crippen molar-refractivity contribution in [3.05, 3.63) is 129 Å². The molecule has 0 radical (unpaired) electrons. The Morgan fingerprint density at radius 1 is 0.822 bits per heavy atom. The molecule has 0 saturated heterocycles. The van der Waals surface area contributed by atoms with Crippen LogP contribution < -0.4 is 9.62 Å². The Morgan fingerprint density at radius 2 is 1.53 bits per heavy atom. The molecular weight excluding hydrogens is 653 g/mol. The lowest BCUT2D eigenvalue weighted by molar-refractivity contribution is -0.140. The van der Waals surface area contributed by atoms with Gasteiger partial charge in [0.1, 0.15) is 12.6 Å². The monoisotopic (exact) mass is 685 g/mol. The zero-order chi connectivity index (χ0) is 32.6. The van der Waals surface area contributed by atoms with Crippen LogP contribution in [0.5, 0.6) is 0 Å². The van der Waals surface area contributed by atoms with E-state index < -0.39 is 28.5 Å². The van der Waals surface area contributed by atoms with E-state index in [0.717, 1.165) is 15.4 Å². The van der Waals surface area contributed by atoms with Crippen molar-refractivity contribution < 1.29 is 18.0 Å². The molecule has 0 aliphatic carbocycles. The Labute approximate surface area is 279 Å². The molecule has 236 valence electrons. The van der Waals surface area contributed by atoms with Gasteiger partial charge in [0.05, 0.1) is 20.6 Å². The summed E-state index contributed by atoms with van der Waals surface area (Å²) in [5, 5.41) is 3.94. The van der Waals surface area contributed by atoms with E-state index in [2.05, 4.69) is 5.32 Å². The Balaban J connectivity index is 1.81. The number of aryl methyl sites for hydroxylation is 1. The Kier molecular flexibility index (Phi) is 11.9. The SMILES string of the molecule is CCCNC(=O)[C@@H](Cc1ccccc1)N(Cc1ccc(Cl)c(Cl)c1)C(=O)CN(c1cccc(C)c1)S(=O)(=O)c1ccc(Cl)cc1. The molecule has 0 aliphatic heterocycles. The smallest absolute Gasteiger partial charge is 0.264 e. The molecule has 0 unspecified atom stereocenters. The highest BCUT2D eigenvalue weighted by Crippen LogP contribution is 2.28. The molecule has 0 aromatic heterocycles. The van der Waals surface area contributed by atoms with Gasteiger partial charge in [0.25, 0.3) is 10.0 Å². The number of sulfonamides is 1. The first-order valence-electron chi connectivity index (χ1n) is 14.4. The number of hydrogen-bond acceptors (Lipinski definition) is 4. The van der Waals surface area contributed by atoms with E-state index in [1.807, 2.05) is 50.2 Å². The number of carbonyl (C=O) groups is 2. The van der Waals surface area contributed by atoms with E-state index in [1.54, 1.807) is 36.4 Å². The van der Waals surface area contributed by atoms with E-state index in [0.29, 0.717) is 39.3 Å². The summed E-state index contributed by atoms with van der Waals surface area (Å²) in [5.74, 6) is -0.926. The molecule has 0 spiro atoms. The predicted molar refractivity (Wildman–Crippen MR) is 181 cm³/mol. The van der Waals surface area contributed by atoms with Crippen molar-refractivity contribution in [1.82, 2.24) is 10.2 Å². The summed E-state index contributed by atoms with van der Waals surface area (Å²) in [5.41, 5.74) is 2.58. The van der Waals surface area contributed by atoms with Crippen LogP contribution in [-0.4, -0.2) is 44.3 Å². The number of rotatable bonds is 13. The second-order valence-electron chi connectivity index (χ2n) is 10.6. The van der Waals surface area contributed by atoms with E-state index in [9.17, 15) is 18.0 Å². The van der Waals surface area contributed by atoms with Gasteiger partial charge in [-0.25, -0.2) is 8.42 Å². The first kappa shape index (κ1) is 34.3. The molecule has 2 amide bonds. The van der Waals surface area contributed by atoms with Crippen LogP contribution in [0.4, 0.5) is 5.69 Å². The first-order valence-corrected chi connectivity index (χ1v) is 17.0. The quantitative estimate of drug-likeness (QED) is 0.160. The largest absolute Gasteiger partial charge is 0.354 e. The molecule has 1 N–H and O–H groups in total. The second kappa shape index (κ2) is 15.6. The molecule has 1 atom stereocenters. The van der Waals surface area contributed by atoms with Crippen LogP contribution in [0, 0.1) is 6.92 Å². The molecule has 7 nitrogen and oxygen atoms in total. The van der Waals surface area contributed by atoms with Gasteiger partial charge in [0, 0.05) is 24.5 Å². The minimum atomic E-state index is -4.23. The topological polar surface area (TPSA) is 86.8 Å². The van der Waals surface area contributed by atoms with Gasteiger partial charge in [0.2, 0.25) is 11.8 Å². The summed E-state index contributed by atoms with van der Waals surface area (Å²) < 4.78 is 29.2. The first-order chi connectivity index (χ1) is 21.5. The van der Waals surface area contributed by atoms with Crippen molar-refractivity contribution in [3.63, 3.8) is 0 Å². The van der Waals surface area contributed by atoms with E-state index in [1.165, 1.54) is 29.2 Å². The summed E-state index contributed by atoms with van der Waals surface area (Å²) in [6.07, 6.45) is 0.906. The second-order valence-corrected chi connectivity index (χ2v) is 13.7. The summed E-state index contributed by atoms with van der Waals surface area (Å²) >= 11 is 18.5. The van der Waals surface area contributed by atoms with Gasteiger partial charge in [-0.05, 0) is 78.6 Å². The molecule has 45 heavy (non-hydrogen) atoms. The van der Waals surface area contributed by atoms with Gasteiger partial charge in [-0.1, -0.05) is 90.3 Å². The number of nitrogens with one attached hydrogen (secondary N) is 1. The zero-order valence-electron chi connectivity index (χ0n) is 24.9. The average Bonchev–Trinajstić information content (AvgIpc) is 3.02. The molecule has 0 saturated carbocycles. The third-order valence-corrected chi connectivity index (χ3v) is 9.91. The average molecular weight is 687 g/mol. The number of carbonyl (C=O) groups excluding carboxylic acids is 2. The maximum absolute atomic E-state index is 14.5. The van der Waals surface area contributed by atoms with Gasteiger partial charge < -0.3 is 10.2 Å². The fourth-order valence-corrected chi connectivity index (χ4v) is 6.65. The Hall–Kier alpha value is -3.56. The summed E-state index contributed by atoms with van der Waals surface area (Å²) in [6, 6.07) is 26.0. The summed E-state index contributed by atoms with van der Waals surface area (Å²) in [7, 11) is -4.23. The minimum Gasteiger partial charge on any atom is -0.354 e. The van der Waals surface area contributed by atoms with Crippen molar-refractivity contribution in [3.8, 4) is 0 Å². The van der Waals surface area contributed by atoms with Crippen LogP contribution in [-0.2, 0) is 32.6 Å². The lowest BCUT2D eigenvalue weighted by atomic mass is 10.0. The molecule has 0 aliphatic rings. The number of halogens is 3. The number of nitrogens with zero attached hydrogens (tertiary/aromatic N) is 2. The van der Waals surface area contributed by atoms with E-state index >= 15 is 0 Å². The van der Waals surface area contributed by atoms with Crippen LogP contribution in [0.3, 0.4) is 0 Å². The zero-order valence-corrected chi connectivity index (χ0v) is 28.0. The fourth-order valence-electron chi connectivity index (χ4n) is 4.80. The maximum atomic E-state index is 14.5. The number of anilines is 1. The van der Waals surface area contributed by atoms with Crippen molar-refractivity contribution in [2.24, 2.45) is 0 Å². The molecule has 4 rings (SSSR count). The van der Waals surface area contributed by atoms with Gasteiger partial charge >= 0.3 is 0 Å². The van der Waals surface area contributed by atoms with Crippen LogP contribution in [0.15, 0.2) is 102 Å². The lowest BCUT2D eigenvalue weighted by Crippen LogP contribution is -2.53. The van der Waals surface area contributed by atoms with Crippen LogP contribution >= 0.6 is 34.8 Å². The Morgan fingerprint density at radius 3 is 2.18 bits per heavy atom. The highest BCUT2D eigenvalue weighted by molar-refractivity contribution is 7.92. The van der Waals surface area contributed by atoms with Gasteiger partial charge in [-0.15, -0.1) is 0 Å². The molecule has 0 heterocycles. The van der Waals surface area contributed by atoms with Gasteiger partial charge in [0.15, 0.2) is 0 Å². The standard InChI is InChI=1S/C34H34Cl3N3O4S/c1-3-18-38-34(42)32(21-25-9-5-4-6-10-25)39(22-26-12-17-30(36)31(37)20-26)33(41)23-40(28-11-7-8-24(2)19-28)45(43,44)29-15-13-27(35)14-16-29/h4-17,19-20,32H,3,18,21-23H2,1-2H3,(H,38,42)/t32-/m1/s1.